The van der Waals surface area contributed by atoms with E-state index in [4.69, 9.17) is 27.7 Å². The molecule has 2 rings (SSSR count). The standard InChI is InChI=1S/C11H9Cl2NO/c1-6-7(2)15-14-11(6)10-8(12)4-3-5-9(10)13/h3-5H,1-2H3. The number of aryl methyl sites for hydroxylation is 1. The van der Waals surface area contributed by atoms with Gasteiger partial charge in [0.15, 0.2) is 0 Å². The minimum Gasteiger partial charge on any atom is -0.361 e. The molecule has 0 saturated heterocycles. The summed E-state index contributed by atoms with van der Waals surface area (Å²) in [5.41, 5.74) is 2.41. The third-order valence-electron chi connectivity index (χ3n) is 2.36. The Hall–Kier alpha value is -0.990. The molecular formula is C11H9Cl2NO. The highest BCUT2D eigenvalue weighted by molar-refractivity contribution is 6.39. The molecule has 0 aliphatic rings. The monoisotopic (exact) mass is 241 g/mol. The zero-order valence-electron chi connectivity index (χ0n) is 8.34. The Balaban J connectivity index is 2.69. The van der Waals surface area contributed by atoms with Gasteiger partial charge >= 0.3 is 0 Å². The van der Waals surface area contributed by atoms with E-state index in [-0.39, 0.29) is 0 Å². The molecule has 0 radical (unpaired) electrons. The molecule has 1 aromatic heterocycles. The smallest absolute Gasteiger partial charge is 0.137 e. The van der Waals surface area contributed by atoms with Crippen LogP contribution in [-0.4, -0.2) is 5.16 Å². The molecule has 0 unspecified atom stereocenters. The summed E-state index contributed by atoms with van der Waals surface area (Å²) >= 11 is 12.2. The number of hydrogen-bond acceptors (Lipinski definition) is 2. The minimum atomic E-state index is 0.582. The third kappa shape index (κ3) is 1.75. The first kappa shape index (κ1) is 10.5. The van der Waals surface area contributed by atoms with Crippen molar-refractivity contribution in [3.63, 3.8) is 0 Å². The van der Waals surface area contributed by atoms with Crippen molar-refractivity contribution in [1.29, 1.82) is 0 Å². The molecule has 4 heteroatoms. The largest absolute Gasteiger partial charge is 0.361 e. The van der Waals surface area contributed by atoms with Crippen LogP contribution in [0.25, 0.3) is 11.3 Å². The molecule has 1 heterocycles. The summed E-state index contributed by atoms with van der Waals surface area (Å²) in [6.45, 7) is 3.79. The van der Waals surface area contributed by atoms with Crippen LogP contribution < -0.4 is 0 Å². The number of rotatable bonds is 1. The van der Waals surface area contributed by atoms with Crippen LogP contribution in [0, 0.1) is 13.8 Å². The Morgan fingerprint density at radius 2 is 1.73 bits per heavy atom. The topological polar surface area (TPSA) is 26.0 Å². The molecular weight excluding hydrogens is 233 g/mol. The number of nitrogens with zero attached hydrogens (tertiary/aromatic N) is 1. The van der Waals surface area contributed by atoms with Crippen LogP contribution in [0.1, 0.15) is 11.3 Å². The Kier molecular flexibility index (Phi) is 2.72. The van der Waals surface area contributed by atoms with E-state index in [9.17, 15) is 0 Å². The molecule has 0 amide bonds. The number of hydrogen-bond donors (Lipinski definition) is 0. The summed E-state index contributed by atoms with van der Waals surface area (Å²) in [5.74, 6) is 0.779. The van der Waals surface area contributed by atoms with Crippen LogP contribution in [-0.2, 0) is 0 Å². The average Bonchev–Trinajstić information content (AvgIpc) is 2.49. The third-order valence-corrected chi connectivity index (χ3v) is 2.99. The van der Waals surface area contributed by atoms with Gasteiger partial charge in [0.05, 0.1) is 10.0 Å². The van der Waals surface area contributed by atoms with E-state index in [2.05, 4.69) is 5.16 Å². The molecule has 15 heavy (non-hydrogen) atoms. The lowest BCUT2D eigenvalue weighted by Crippen LogP contribution is -1.84. The maximum Gasteiger partial charge on any atom is 0.137 e. The summed E-state index contributed by atoms with van der Waals surface area (Å²) in [5, 5.41) is 5.13. The second kappa shape index (κ2) is 3.87. The van der Waals surface area contributed by atoms with Gasteiger partial charge in [-0.3, -0.25) is 0 Å². The number of benzene rings is 1. The summed E-state index contributed by atoms with van der Waals surface area (Å²) in [6.07, 6.45) is 0. The van der Waals surface area contributed by atoms with Gasteiger partial charge in [-0.2, -0.15) is 0 Å². The highest BCUT2D eigenvalue weighted by Gasteiger charge is 2.16. The maximum absolute atomic E-state index is 6.08. The molecule has 0 saturated carbocycles. The molecule has 0 aliphatic carbocycles. The van der Waals surface area contributed by atoms with Crippen LogP contribution in [0.5, 0.6) is 0 Å². The highest BCUT2D eigenvalue weighted by Crippen LogP contribution is 2.36. The number of aromatic nitrogens is 1. The average molecular weight is 242 g/mol. The van der Waals surface area contributed by atoms with Crippen LogP contribution in [0.2, 0.25) is 10.0 Å². The summed E-state index contributed by atoms with van der Waals surface area (Å²) in [6, 6.07) is 5.37. The SMILES string of the molecule is Cc1onc(-c2c(Cl)cccc2Cl)c1C. The van der Waals surface area contributed by atoms with E-state index in [0.29, 0.717) is 15.7 Å². The molecule has 1 aromatic carbocycles. The van der Waals surface area contributed by atoms with Crippen molar-refractivity contribution in [2.45, 2.75) is 13.8 Å². The first-order valence-electron chi connectivity index (χ1n) is 4.48. The fourth-order valence-electron chi connectivity index (χ4n) is 1.37. The Morgan fingerprint density at radius 1 is 1.13 bits per heavy atom. The lowest BCUT2D eigenvalue weighted by atomic mass is 10.1. The van der Waals surface area contributed by atoms with Crippen molar-refractivity contribution in [1.82, 2.24) is 5.16 Å². The fourth-order valence-corrected chi connectivity index (χ4v) is 1.95. The normalized spacial score (nSPS) is 10.7. The van der Waals surface area contributed by atoms with E-state index in [1.54, 1.807) is 18.2 Å². The quantitative estimate of drug-likeness (QED) is 0.746. The van der Waals surface area contributed by atoms with Crippen molar-refractivity contribution >= 4 is 23.2 Å². The summed E-state index contributed by atoms with van der Waals surface area (Å²) in [7, 11) is 0. The Bertz CT molecular complexity index is 485. The lowest BCUT2D eigenvalue weighted by Gasteiger charge is -2.03. The zero-order chi connectivity index (χ0) is 11.0. The second-order valence-corrected chi connectivity index (χ2v) is 4.12. The molecule has 2 nitrogen and oxygen atoms in total. The van der Waals surface area contributed by atoms with Crippen LogP contribution >= 0.6 is 23.2 Å². The first-order valence-corrected chi connectivity index (χ1v) is 5.24. The van der Waals surface area contributed by atoms with Gasteiger partial charge in [-0.1, -0.05) is 34.4 Å². The van der Waals surface area contributed by atoms with Gasteiger partial charge in [0, 0.05) is 11.1 Å². The second-order valence-electron chi connectivity index (χ2n) is 3.31. The van der Waals surface area contributed by atoms with Gasteiger partial charge in [-0.15, -0.1) is 0 Å². The van der Waals surface area contributed by atoms with E-state index < -0.39 is 0 Å². The highest BCUT2D eigenvalue weighted by atomic mass is 35.5. The van der Waals surface area contributed by atoms with E-state index in [1.165, 1.54) is 0 Å². The molecule has 0 atom stereocenters. The van der Waals surface area contributed by atoms with E-state index in [0.717, 1.165) is 16.9 Å². The van der Waals surface area contributed by atoms with E-state index >= 15 is 0 Å². The van der Waals surface area contributed by atoms with Crippen molar-refractivity contribution in [3.05, 3.63) is 39.6 Å². The fraction of sp³-hybridized carbons (Fsp3) is 0.182. The maximum atomic E-state index is 6.08. The van der Waals surface area contributed by atoms with Crippen molar-refractivity contribution in [3.8, 4) is 11.3 Å². The Labute approximate surface area is 97.8 Å². The molecule has 0 fully saturated rings. The number of halogens is 2. The molecule has 0 aliphatic heterocycles. The summed E-state index contributed by atoms with van der Waals surface area (Å²) in [4.78, 5) is 0. The van der Waals surface area contributed by atoms with E-state index in [1.807, 2.05) is 13.8 Å². The van der Waals surface area contributed by atoms with Gasteiger partial charge in [0.25, 0.3) is 0 Å². The molecule has 2 aromatic rings. The molecule has 0 bridgehead atoms. The van der Waals surface area contributed by atoms with Gasteiger partial charge in [-0.25, -0.2) is 0 Å². The van der Waals surface area contributed by atoms with Crippen LogP contribution in [0.4, 0.5) is 0 Å². The van der Waals surface area contributed by atoms with Gasteiger partial charge < -0.3 is 4.52 Å². The lowest BCUT2D eigenvalue weighted by molar-refractivity contribution is 0.398. The van der Waals surface area contributed by atoms with Crippen molar-refractivity contribution < 1.29 is 4.52 Å². The van der Waals surface area contributed by atoms with Gasteiger partial charge in [0.1, 0.15) is 11.5 Å². The van der Waals surface area contributed by atoms with Crippen molar-refractivity contribution in [2.24, 2.45) is 0 Å². The van der Waals surface area contributed by atoms with Crippen LogP contribution in [0.15, 0.2) is 22.7 Å². The minimum absolute atomic E-state index is 0.582. The van der Waals surface area contributed by atoms with Crippen LogP contribution in [0.3, 0.4) is 0 Å². The predicted octanol–water partition coefficient (Wildman–Crippen LogP) is 4.27. The molecule has 78 valence electrons. The summed E-state index contributed by atoms with van der Waals surface area (Å²) < 4.78 is 5.09. The zero-order valence-corrected chi connectivity index (χ0v) is 9.86. The first-order chi connectivity index (χ1) is 7.11. The Morgan fingerprint density at radius 3 is 2.20 bits per heavy atom. The predicted molar refractivity (Wildman–Crippen MR) is 61.4 cm³/mol. The molecule has 0 spiro atoms. The van der Waals surface area contributed by atoms with Gasteiger partial charge in [-0.05, 0) is 26.0 Å². The molecule has 0 N–H and O–H groups in total. The van der Waals surface area contributed by atoms with Gasteiger partial charge in [0.2, 0.25) is 0 Å². The van der Waals surface area contributed by atoms with Crippen molar-refractivity contribution in [2.75, 3.05) is 0 Å².